The van der Waals surface area contributed by atoms with Crippen LogP contribution in [0.2, 0.25) is 0 Å². The molecule has 0 saturated carbocycles. The van der Waals surface area contributed by atoms with E-state index in [0.717, 1.165) is 16.8 Å². The lowest BCUT2D eigenvalue weighted by Crippen LogP contribution is -2.45. The van der Waals surface area contributed by atoms with Gasteiger partial charge in [-0.1, -0.05) is 60.7 Å². The van der Waals surface area contributed by atoms with Crippen LogP contribution in [0.25, 0.3) is 0 Å². The second kappa shape index (κ2) is 9.66. The van der Waals surface area contributed by atoms with Gasteiger partial charge < -0.3 is 15.4 Å². The van der Waals surface area contributed by atoms with Gasteiger partial charge in [-0.2, -0.15) is 0 Å². The molecule has 0 aliphatic rings. The number of carbonyl (C=O) groups excluding carboxylic acids is 2. The third-order valence-electron chi connectivity index (χ3n) is 3.95. The van der Waals surface area contributed by atoms with Crippen molar-refractivity contribution in [1.29, 1.82) is 0 Å². The van der Waals surface area contributed by atoms with Gasteiger partial charge in [-0.15, -0.1) is 11.3 Å². The molecule has 0 aliphatic carbocycles. The highest BCUT2D eigenvalue weighted by Gasteiger charge is 2.23. The molecule has 3 aromatic rings. The number of anilines is 1. The fourth-order valence-electron chi connectivity index (χ4n) is 2.57. The molecule has 0 saturated heterocycles. The number of nitrogens with zero attached hydrogens (tertiary/aromatic N) is 1. The molecule has 2 amide bonds. The van der Waals surface area contributed by atoms with Crippen LogP contribution < -0.4 is 10.6 Å². The quantitative estimate of drug-likeness (QED) is 0.635. The van der Waals surface area contributed by atoms with Crippen LogP contribution in [0, 0.1) is 6.92 Å². The normalized spacial score (nSPS) is 11.5. The number of hydrogen-bond donors (Lipinski definition) is 2. The zero-order valence-corrected chi connectivity index (χ0v) is 16.2. The number of benzene rings is 2. The fourth-order valence-corrected chi connectivity index (χ4v) is 3.26. The Morgan fingerprint density at radius 2 is 1.68 bits per heavy atom. The summed E-state index contributed by atoms with van der Waals surface area (Å²) in [5.74, 6) is -0.338. The van der Waals surface area contributed by atoms with Crippen molar-refractivity contribution in [2.45, 2.75) is 26.0 Å². The molecule has 2 N–H and O–H groups in total. The molecule has 3 rings (SSSR count). The first-order valence-corrected chi connectivity index (χ1v) is 9.72. The molecule has 144 valence electrons. The van der Waals surface area contributed by atoms with Crippen molar-refractivity contribution in [1.82, 2.24) is 10.3 Å². The Morgan fingerprint density at radius 1 is 1.04 bits per heavy atom. The molecule has 7 heteroatoms. The Labute approximate surface area is 167 Å². The smallest absolute Gasteiger partial charge is 0.408 e. The highest BCUT2D eigenvalue weighted by atomic mass is 32.1. The van der Waals surface area contributed by atoms with E-state index < -0.39 is 12.1 Å². The van der Waals surface area contributed by atoms with Gasteiger partial charge in [0.25, 0.3) is 0 Å². The molecule has 0 radical (unpaired) electrons. The minimum Gasteiger partial charge on any atom is -0.445 e. The van der Waals surface area contributed by atoms with Gasteiger partial charge in [0.1, 0.15) is 12.6 Å². The van der Waals surface area contributed by atoms with Gasteiger partial charge in [0.15, 0.2) is 5.13 Å². The lowest BCUT2D eigenvalue weighted by atomic mass is 10.1. The summed E-state index contributed by atoms with van der Waals surface area (Å²) in [5, 5.41) is 7.78. The number of carbonyl (C=O) groups is 2. The van der Waals surface area contributed by atoms with Crippen LogP contribution in [-0.4, -0.2) is 23.0 Å². The maximum absolute atomic E-state index is 12.7. The van der Waals surface area contributed by atoms with Gasteiger partial charge in [-0.3, -0.25) is 4.79 Å². The van der Waals surface area contributed by atoms with E-state index in [1.54, 1.807) is 0 Å². The first-order chi connectivity index (χ1) is 13.6. The number of aryl methyl sites for hydroxylation is 1. The standard InChI is InChI=1S/C21H21N3O3S/c1-15-14-28-20(22-15)24-19(25)18(12-16-8-4-2-5-9-16)23-21(26)27-13-17-10-6-3-7-11-17/h2-11,14,18H,12-13H2,1H3,(H,23,26)(H,22,24,25)/t18-/m1/s1. The molecular formula is C21H21N3O3S. The number of hydrogen-bond acceptors (Lipinski definition) is 5. The highest BCUT2D eigenvalue weighted by Crippen LogP contribution is 2.15. The van der Waals surface area contributed by atoms with E-state index in [4.69, 9.17) is 4.74 Å². The van der Waals surface area contributed by atoms with E-state index in [1.165, 1.54) is 11.3 Å². The summed E-state index contributed by atoms with van der Waals surface area (Å²) in [6, 6.07) is 18.1. The summed E-state index contributed by atoms with van der Waals surface area (Å²) in [4.78, 5) is 29.2. The SMILES string of the molecule is Cc1csc(NC(=O)[C@@H](Cc2ccccc2)NC(=O)OCc2ccccc2)n1. The van der Waals surface area contributed by atoms with Crippen LogP contribution in [0.15, 0.2) is 66.0 Å². The lowest BCUT2D eigenvalue weighted by Gasteiger charge is -2.18. The number of aromatic nitrogens is 1. The Kier molecular flexibility index (Phi) is 6.75. The summed E-state index contributed by atoms with van der Waals surface area (Å²) < 4.78 is 5.26. The number of rotatable bonds is 7. The molecule has 0 fully saturated rings. The average Bonchev–Trinajstić information content (AvgIpc) is 3.12. The third kappa shape index (κ3) is 5.92. The van der Waals surface area contributed by atoms with Crippen LogP contribution in [0.1, 0.15) is 16.8 Å². The second-order valence-corrected chi connectivity index (χ2v) is 7.09. The molecule has 2 aromatic carbocycles. The number of nitrogens with one attached hydrogen (secondary N) is 2. The Bertz CT molecular complexity index is 913. The number of thiazole rings is 1. The predicted molar refractivity (Wildman–Crippen MR) is 109 cm³/mol. The third-order valence-corrected chi connectivity index (χ3v) is 4.83. The maximum atomic E-state index is 12.7. The first-order valence-electron chi connectivity index (χ1n) is 8.84. The van der Waals surface area contributed by atoms with Crippen LogP contribution >= 0.6 is 11.3 Å². The van der Waals surface area contributed by atoms with Crippen LogP contribution in [0.4, 0.5) is 9.93 Å². The lowest BCUT2D eigenvalue weighted by molar-refractivity contribution is -0.118. The predicted octanol–water partition coefficient (Wildman–Crippen LogP) is 3.93. The Hall–Kier alpha value is -3.19. The van der Waals surface area contributed by atoms with Gasteiger partial charge in [-0.25, -0.2) is 9.78 Å². The van der Waals surface area contributed by atoms with Crippen molar-refractivity contribution in [3.63, 3.8) is 0 Å². The van der Waals surface area contributed by atoms with Crippen LogP contribution in [-0.2, 0) is 22.6 Å². The van der Waals surface area contributed by atoms with E-state index in [2.05, 4.69) is 15.6 Å². The average molecular weight is 395 g/mol. The van der Waals surface area contributed by atoms with Crippen LogP contribution in [0.3, 0.4) is 0 Å². The van der Waals surface area contributed by atoms with Gasteiger partial charge in [-0.05, 0) is 18.1 Å². The zero-order valence-electron chi connectivity index (χ0n) is 15.4. The molecule has 1 heterocycles. The molecular weight excluding hydrogens is 374 g/mol. The largest absolute Gasteiger partial charge is 0.445 e. The monoisotopic (exact) mass is 395 g/mol. The summed E-state index contributed by atoms with van der Waals surface area (Å²) in [5.41, 5.74) is 2.64. The second-order valence-electron chi connectivity index (χ2n) is 6.23. The molecule has 0 spiro atoms. The van der Waals surface area contributed by atoms with Crippen molar-refractivity contribution >= 4 is 28.5 Å². The van der Waals surface area contributed by atoms with E-state index in [-0.39, 0.29) is 12.5 Å². The first kappa shape index (κ1) is 19.6. The molecule has 0 bridgehead atoms. The summed E-state index contributed by atoms with van der Waals surface area (Å²) in [6.45, 7) is 1.99. The zero-order chi connectivity index (χ0) is 19.8. The minimum absolute atomic E-state index is 0.137. The molecule has 28 heavy (non-hydrogen) atoms. The Morgan fingerprint density at radius 3 is 2.29 bits per heavy atom. The summed E-state index contributed by atoms with van der Waals surface area (Å²) in [6.07, 6.45) is -0.299. The Balaban J connectivity index is 1.64. The van der Waals surface area contributed by atoms with Crippen molar-refractivity contribution < 1.29 is 14.3 Å². The number of amides is 2. The van der Waals surface area contributed by atoms with Crippen LogP contribution in [0.5, 0.6) is 0 Å². The summed E-state index contributed by atoms with van der Waals surface area (Å²) in [7, 11) is 0. The molecule has 0 aliphatic heterocycles. The molecule has 0 unspecified atom stereocenters. The molecule has 1 aromatic heterocycles. The van der Waals surface area contributed by atoms with E-state index >= 15 is 0 Å². The van der Waals surface area contributed by atoms with Crippen molar-refractivity contribution in [3.05, 3.63) is 82.9 Å². The fraction of sp³-hybridized carbons (Fsp3) is 0.190. The van der Waals surface area contributed by atoms with Gasteiger partial charge >= 0.3 is 6.09 Å². The van der Waals surface area contributed by atoms with Crippen molar-refractivity contribution in [2.24, 2.45) is 0 Å². The van der Waals surface area contributed by atoms with Gasteiger partial charge in [0.2, 0.25) is 5.91 Å². The maximum Gasteiger partial charge on any atom is 0.408 e. The number of alkyl carbamates (subject to hydrolysis) is 1. The molecule has 6 nitrogen and oxygen atoms in total. The van der Waals surface area contributed by atoms with E-state index in [1.807, 2.05) is 73.0 Å². The molecule has 1 atom stereocenters. The topological polar surface area (TPSA) is 80.3 Å². The number of ether oxygens (including phenoxy) is 1. The van der Waals surface area contributed by atoms with Gasteiger partial charge in [0.05, 0.1) is 5.69 Å². The van der Waals surface area contributed by atoms with Gasteiger partial charge in [0, 0.05) is 11.8 Å². The van der Waals surface area contributed by atoms with Crippen molar-refractivity contribution in [3.8, 4) is 0 Å². The van der Waals surface area contributed by atoms with E-state index in [0.29, 0.717) is 11.6 Å². The minimum atomic E-state index is -0.783. The van der Waals surface area contributed by atoms with Crippen molar-refractivity contribution in [2.75, 3.05) is 5.32 Å². The summed E-state index contributed by atoms with van der Waals surface area (Å²) >= 11 is 1.34. The van der Waals surface area contributed by atoms with E-state index in [9.17, 15) is 9.59 Å². The highest BCUT2D eigenvalue weighted by molar-refractivity contribution is 7.13.